The molecular weight excluding hydrogens is 244 g/mol. The first-order valence-electron chi connectivity index (χ1n) is 7.10. The van der Waals surface area contributed by atoms with Crippen LogP contribution >= 0.6 is 0 Å². The Hall–Kier alpha value is 0.0969. The molecule has 0 aromatic rings. The lowest BCUT2D eigenvalue weighted by atomic mass is 9.87. The minimum absolute atomic E-state index is 0.235. The summed E-state index contributed by atoms with van der Waals surface area (Å²) in [5.74, 6) is 0.844. The topological polar surface area (TPSA) is 38.7 Å². The normalized spacial score (nSPS) is 21.0. The maximum atomic E-state index is 9.57. The van der Waals surface area contributed by atoms with Gasteiger partial charge in [0.25, 0.3) is 0 Å². The minimum atomic E-state index is -1.69. The van der Waals surface area contributed by atoms with Gasteiger partial charge >= 0.3 is 0 Å². The summed E-state index contributed by atoms with van der Waals surface area (Å²) in [5, 5.41) is 9.81. The third kappa shape index (κ3) is 4.33. The first-order valence-corrected chi connectivity index (χ1v) is 10.0. The largest absolute Gasteiger partial charge is 0.416 e. The molecule has 1 fully saturated rings. The molecule has 18 heavy (non-hydrogen) atoms. The number of aliphatic hydroxyl groups excluding tert-OH is 1. The second-order valence-electron chi connectivity index (χ2n) is 6.96. The van der Waals surface area contributed by atoms with Crippen molar-refractivity contribution in [3.8, 4) is 0 Å². The van der Waals surface area contributed by atoms with Crippen molar-refractivity contribution in [1.29, 1.82) is 0 Å². The van der Waals surface area contributed by atoms with E-state index in [1.807, 2.05) is 0 Å². The SMILES string of the molecule is CC(C)(C)[Si](C)(C)OCC(CO)C1CCOCC1. The highest BCUT2D eigenvalue weighted by atomic mass is 28.4. The van der Waals surface area contributed by atoms with Crippen LogP contribution in [0.4, 0.5) is 0 Å². The van der Waals surface area contributed by atoms with Crippen LogP contribution in [0.2, 0.25) is 18.1 Å². The molecule has 0 aliphatic carbocycles. The van der Waals surface area contributed by atoms with Gasteiger partial charge in [0.2, 0.25) is 0 Å². The fourth-order valence-corrected chi connectivity index (χ4v) is 3.12. The van der Waals surface area contributed by atoms with Crippen molar-refractivity contribution in [3.05, 3.63) is 0 Å². The zero-order valence-corrected chi connectivity index (χ0v) is 13.7. The van der Waals surface area contributed by atoms with Gasteiger partial charge in [-0.25, -0.2) is 0 Å². The van der Waals surface area contributed by atoms with E-state index < -0.39 is 8.32 Å². The van der Waals surface area contributed by atoms with E-state index in [1.165, 1.54) is 0 Å². The van der Waals surface area contributed by atoms with Gasteiger partial charge in [-0.1, -0.05) is 20.8 Å². The lowest BCUT2D eigenvalue weighted by Gasteiger charge is -2.38. The van der Waals surface area contributed by atoms with Crippen LogP contribution in [0.25, 0.3) is 0 Å². The second-order valence-corrected chi connectivity index (χ2v) is 11.8. The predicted molar refractivity (Wildman–Crippen MR) is 77.3 cm³/mol. The molecule has 0 saturated carbocycles. The molecule has 1 aliphatic rings. The first kappa shape index (κ1) is 16.2. The van der Waals surface area contributed by atoms with Crippen molar-refractivity contribution in [2.75, 3.05) is 26.4 Å². The van der Waals surface area contributed by atoms with E-state index >= 15 is 0 Å². The molecule has 1 aliphatic heterocycles. The Kier molecular flexibility index (Phi) is 5.84. The van der Waals surface area contributed by atoms with E-state index in [4.69, 9.17) is 9.16 Å². The van der Waals surface area contributed by atoms with Crippen molar-refractivity contribution < 1.29 is 14.3 Å². The molecule has 0 aromatic heterocycles. The molecule has 0 aromatic carbocycles. The van der Waals surface area contributed by atoms with Crippen molar-refractivity contribution in [3.63, 3.8) is 0 Å². The summed E-state index contributed by atoms with van der Waals surface area (Å²) in [7, 11) is -1.69. The zero-order chi connectivity index (χ0) is 13.8. The molecule has 108 valence electrons. The van der Waals surface area contributed by atoms with E-state index in [0.717, 1.165) is 26.1 Å². The fraction of sp³-hybridized carbons (Fsp3) is 1.00. The van der Waals surface area contributed by atoms with Gasteiger partial charge in [-0.15, -0.1) is 0 Å². The monoisotopic (exact) mass is 274 g/mol. The molecule has 0 bridgehead atoms. The zero-order valence-electron chi connectivity index (χ0n) is 12.7. The van der Waals surface area contributed by atoms with Gasteiger partial charge in [0.15, 0.2) is 8.32 Å². The average Bonchev–Trinajstić information content (AvgIpc) is 2.29. The van der Waals surface area contributed by atoms with E-state index in [-0.39, 0.29) is 17.6 Å². The maximum absolute atomic E-state index is 9.57. The standard InChI is InChI=1S/C14H30O3Si/c1-14(2,3)18(4,5)17-11-13(10-15)12-6-8-16-9-7-12/h12-13,15H,6-11H2,1-5H3. The molecule has 3 nitrogen and oxygen atoms in total. The van der Waals surface area contributed by atoms with Gasteiger partial charge in [0.1, 0.15) is 0 Å². The number of hydrogen-bond acceptors (Lipinski definition) is 3. The lowest BCUT2D eigenvalue weighted by Crippen LogP contribution is -2.43. The minimum Gasteiger partial charge on any atom is -0.416 e. The number of rotatable bonds is 5. The van der Waals surface area contributed by atoms with Crippen LogP contribution in [-0.2, 0) is 9.16 Å². The number of aliphatic hydroxyl groups is 1. The quantitative estimate of drug-likeness (QED) is 0.783. The molecule has 4 heteroatoms. The Labute approximate surface area is 113 Å². The third-order valence-electron chi connectivity index (χ3n) is 4.63. The Bertz CT molecular complexity index is 242. The summed E-state index contributed by atoms with van der Waals surface area (Å²) in [6.45, 7) is 13.9. The molecule has 1 unspecified atom stereocenters. The van der Waals surface area contributed by atoms with Crippen molar-refractivity contribution in [2.24, 2.45) is 11.8 Å². The van der Waals surface area contributed by atoms with Crippen LogP contribution in [0.5, 0.6) is 0 Å². The van der Waals surface area contributed by atoms with Crippen LogP contribution < -0.4 is 0 Å². The van der Waals surface area contributed by atoms with Crippen molar-refractivity contribution >= 4 is 8.32 Å². The van der Waals surface area contributed by atoms with Crippen molar-refractivity contribution in [2.45, 2.75) is 51.7 Å². The molecule has 1 atom stereocenters. The Morgan fingerprint density at radius 3 is 2.28 bits per heavy atom. The molecule has 1 heterocycles. The molecule has 0 amide bonds. The lowest BCUT2D eigenvalue weighted by molar-refractivity contribution is 0.0181. The van der Waals surface area contributed by atoms with Gasteiger partial charge in [-0.05, 0) is 36.9 Å². The van der Waals surface area contributed by atoms with Gasteiger partial charge in [0, 0.05) is 32.3 Å². The van der Waals surface area contributed by atoms with E-state index in [2.05, 4.69) is 33.9 Å². The van der Waals surface area contributed by atoms with Gasteiger partial charge in [0.05, 0.1) is 0 Å². The van der Waals surface area contributed by atoms with Crippen LogP contribution in [0.15, 0.2) is 0 Å². The van der Waals surface area contributed by atoms with Crippen LogP contribution in [0, 0.1) is 11.8 Å². The van der Waals surface area contributed by atoms with Crippen LogP contribution in [0.1, 0.15) is 33.6 Å². The molecule has 1 rings (SSSR count). The summed E-state index contributed by atoms with van der Waals surface area (Å²) < 4.78 is 11.6. The van der Waals surface area contributed by atoms with Gasteiger partial charge in [-0.2, -0.15) is 0 Å². The van der Waals surface area contributed by atoms with Gasteiger partial charge in [-0.3, -0.25) is 0 Å². The Morgan fingerprint density at radius 1 is 1.28 bits per heavy atom. The predicted octanol–water partition coefficient (Wildman–Crippen LogP) is 3.04. The smallest absolute Gasteiger partial charge is 0.191 e. The Morgan fingerprint density at radius 2 is 1.83 bits per heavy atom. The Balaban J connectivity index is 2.48. The first-order chi connectivity index (χ1) is 8.28. The fourth-order valence-electron chi connectivity index (χ4n) is 2.06. The number of ether oxygens (including phenoxy) is 1. The summed E-state index contributed by atoms with van der Waals surface area (Å²) in [5.41, 5.74) is 0. The van der Waals surface area contributed by atoms with Crippen LogP contribution in [0.3, 0.4) is 0 Å². The third-order valence-corrected chi connectivity index (χ3v) is 9.13. The average molecular weight is 274 g/mol. The highest BCUT2D eigenvalue weighted by Crippen LogP contribution is 2.37. The summed E-state index contributed by atoms with van der Waals surface area (Å²) in [6, 6.07) is 0. The number of hydrogen-bond donors (Lipinski definition) is 1. The second kappa shape index (κ2) is 6.50. The molecule has 1 N–H and O–H groups in total. The highest BCUT2D eigenvalue weighted by molar-refractivity contribution is 6.74. The maximum Gasteiger partial charge on any atom is 0.191 e. The summed E-state index contributed by atoms with van der Waals surface area (Å²) in [6.07, 6.45) is 2.12. The molecule has 1 saturated heterocycles. The highest BCUT2D eigenvalue weighted by Gasteiger charge is 2.38. The van der Waals surface area contributed by atoms with E-state index in [1.54, 1.807) is 0 Å². The molecular formula is C14H30O3Si. The summed E-state index contributed by atoms with van der Waals surface area (Å²) >= 11 is 0. The van der Waals surface area contributed by atoms with Crippen molar-refractivity contribution in [1.82, 2.24) is 0 Å². The van der Waals surface area contributed by atoms with E-state index in [9.17, 15) is 5.11 Å². The molecule has 0 radical (unpaired) electrons. The molecule has 0 spiro atoms. The summed E-state index contributed by atoms with van der Waals surface area (Å²) in [4.78, 5) is 0. The van der Waals surface area contributed by atoms with Crippen LogP contribution in [-0.4, -0.2) is 39.9 Å². The van der Waals surface area contributed by atoms with E-state index in [0.29, 0.717) is 12.5 Å². The van der Waals surface area contributed by atoms with Gasteiger partial charge < -0.3 is 14.3 Å².